The summed E-state index contributed by atoms with van der Waals surface area (Å²) in [6, 6.07) is 5.54. The number of nitrogens with one attached hydrogen (secondary N) is 2. The van der Waals surface area contributed by atoms with Crippen LogP contribution in [-0.2, 0) is 14.4 Å². The summed E-state index contributed by atoms with van der Waals surface area (Å²) in [5.41, 5.74) is 2.08. The number of aliphatic hydroxyl groups excluding tert-OH is 1. The average molecular weight is 695 g/mol. The Bertz CT molecular complexity index is 1530. The molecule has 4 heterocycles. The second-order valence-corrected chi connectivity index (χ2v) is 12.6. The number of aromatic nitrogens is 2. The standard InChI is InChI=1S/C30H37ClN6O4.C2HF3O2/c31-25-16-21(5-6-26(25)41-23-9-13-36(14-10-23)29(39)19-3-1-2-4-19)35-28-24-15-20(7-11-32-27(24)33-18-34-28)30(40)37-12-8-22(38)17-37;3-2(4,5)1(6)7/h5-6,15-16,18-19,22-23,38H,1-4,7-14,17H2,(H2,32,33,34,35);(H,6,7). The van der Waals surface area contributed by atoms with E-state index in [0.29, 0.717) is 71.9 Å². The van der Waals surface area contributed by atoms with Gasteiger partial charge in [0.05, 0.1) is 16.7 Å². The molecule has 1 aromatic heterocycles. The summed E-state index contributed by atoms with van der Waals surface area (Å²) in [5, 5.41) is 24.1. The van der Waals surface area contributed by atoms with Gasteiger partial charge in [0.2, 0.25) is 11.8 Å². The zero-order valence-corrected chi connectivity index (χ0v) is 26.9. The molecule has 4 N–H and O–H groups in total. The van der Waals surface area contributed by atoms with Gasteiger partial charge < -0.3 is 35.4 Å². The number of halogens is 4. The van der Waals surface area contributed by atoms with Crippen LogP contribution in [0.4, 0.5) is 30.5 Å². The Labute approximate surface area is 280 Å². The molecule has 48 heavy (non-hydrogen) atoms. The molecule has 16 heteroatoms. The minimum Gasteiger partial charge on any atom is -0.489 e. The van der Waals surface area contributed by atoms with Crippen molar-refractivity contribution >= 4 is 52.8 Å². The summed E-state index contributed by atoms with van der Waals surface area (Å²) in [5.74, 6) is -0.480. The first kappa shape index (κ1) is 35.2. The molecule has 0 radical (unpaired) electrons. The molecule has 2 aromatic rings. The number of aliphatic hydroxyl groups is 1. The van der Waals surface area contributed by atoms with E-state index in [1.807, 2.05) is 23.1 Å². The number of anilines is 3. The lowest BCUT2D eigenvalue weighted by Crippen LogP contribution is -2.44. The predicted octanol–water partition coefficient (Wildman–Crippen LogP) is 4.86. The fourth-order valence-corrected chi connectivity index (χ4v) is 6.47. The van der Waals surface area contributed by atoms with Crippen molar-refractivity contribution in [2.75, 3.05) is 43.4 Å². The first-order valence-electron chi connectivity index (χ1n) is 16.0. The van der Waals surface area contributed by atoms with E-state index in [4.69, 9.17) is 26.2 Å². The van der Waals surface area contributed by atoms with Crippen molar-refractivity contribution in [1.82, 2.24) is 19.8 Å². The van der Waals surface area contributed by atoms with Crippen LogP contribution in [0, 0.1) is 5.92 Å². The number of hydrogen-bond donors (Lipinski definition) is 4. The second kappa shape index (κ2) is 15.4. The minimum absolute atomic E-state index is 0.0143. The Balaban J connectivity index is 0.000000582. The summed E-state index contributed by atoms with van der Waals surface area (Å²) in [7, 11) is 0. The Kier molecular flexibility index (Phi) is 11.3. The van der Waals surface area contributed by atoms with Gasteiger partial charge in [0.25, 0.3) is 0 Å². The Morgan fingerprint density at radius 2 is 1.71 bits per heavy atom. The third-order valence-electron chi connectivity index (χ3n) is 8.80. The number of rotatable bonds is 6. The molecule has 3 aliphatic heterocycles. The number of carboxylic acids is 1. The van der Waals surface area contributed by atoms with E-state index < -0.39 is 18.2 Å². The summed E-state index contributed by atoms with van der Waals surface area (Å²) in [6.07, 6.45) is 4.90. The largest absolute Gasteiger partial charge is 0.490 e. The third kappa shape index (κ3) is 8.86. The number of amides is 2. The number of carbonyl (C=O) groups excluding carboxylic acids is 2. The molecular formula is C32H38ClF3N6O6. The molecule has 0 spiro atoms. The van der Waals surface area contributed by atoms with Gasteiger partial charge in [-0.3, -0.25) is 9.59 Å². The molecule has 1 unspecified atom stereocenters. The Hall–Kier alpha value is -4.11. The first-order chi connectivity index (χ1) is 22.9. The van der Waals surface area contributed by atoms with Crippen molar-refractivity contribution in [3.63, 3.8) is 0 Å². The van der Waals surface area contributed by atoms with E-state index in [2.05, 4.69) is 20.6 Å². The molecule has 1 atom stereocenters. The second-order valence-electron chi connectivity index (χ2n) is 12.2. The molecule has 1 aliphatic carbocycles. The fourth-order valence-electron chi connectivity index (χ4n) is 6.25. The van der Waals surface area contributed by atoms with E-state index >= 15 is 0 Å². The summed E-state index contributed by atoms with van der Waals surface area (Å²) in [4.78, 5) is 47.3. The van der Waals surface area contributed by atoms with Crippen molar-refractivity contribution in [2.24, 2.45) is 5.92 Å². The molecule has 4 aliphatic rings. The number of alkyl halides is 3. The number of aliphatic carboxylic acids is 1. The average Bonchev–Trinajstić information content (AvgIpc) is 3.70. The van der Waals surface area contributed by atoms with Gasteiger partial charge in [0, 0.05) is 62.7 Å². The summed E-state index contributed by atoms with van der Waals surface area (Å²) in [6.45, 7) is 2.93. The molecule has 12 nitrogen and oxygen atoms in total. The Morgan fingerprint density at radius 3 is 2.33 bits per heavy atom. The number of carboxylic acid groups (broad SMARTS) is 1. The van der Waals surface area contributed by atoms with Gasteiger partial charge in [0.15, 0.2) is 0 Å². The van der Waals surface area contributed by atoms with Crippen molar-refractivity contribution in [3.05, 3.63) is 40.7 Å². The molecule has 1 aromatic carbocycles. The first-order valence-corrected chi connectivity index (χ1v) is 16.4. The van der Waals surface area contributed by atoms with Crippen LogP contribution < -0.4 is 15.4 Å². The number of ether oxygens (including phenoxy) is 1. The molecule has 260 valence electrons. The van der Waals surface area contributed by atoms with Gasteiger partial charge in [-0.15, -0.1) is 0 Å². The molecule has 3 fully saturated rings. The summed E-state index contributed by atoms with van der Waals surface area (Å²) < 4.78 is 38.0. The van der Waals surface area contributed by atoms with Crippen LogP contribution in [0.25, 0.3) is 6.08 Å². The number of piperidine rings is 1. The van der Waals surface area contributed by atoms with Crippen LogP contribution in [0.5, 0.6) is 5.75 Å². The highest BCUT2D eigenvalue weighted by atomic mass is 35.5. The van der Waals surface area contributed by atoms with Gasteiger partial charge in [0.1, 0.15) is 29.8 Å². The zero-order chi connectivity index (χ0) is 34.4. The number of benzene rings is 1. The SMILES string of the molecule is O=C(C1=Cc2c(ncnc2Nc2ccc(OC3CCN(C(=O)C4CCCC4)CC3)c(Cl)c2)NCC1)N1CCC(O)C1.O=C(O)C(F)(F)F. The fraction of sp³-hybridized carbons (Fsp3) is 0.531. The topological polar surface area (TPSA) is 157 Å². The lowest BCUT2D eigenvalue weighted by atomic mass is 10.0. The number of fused-ring (bicyclic) bond motifs is 1. The van der Waals surface area contributed by atoms with Gasteiger partial charge in [-0.2, -0.15) is 13.2 Å². The van der Waals surface area contributed by atoms with Crippen LogP contribution in [0.1, 0.15) is 56.9 Å². The molecule has 6 rings (SSSR count). The highest BCUT2D eigenvalue weighted by molar-refractivity contribution is 6.32. The maximum absolute atomic E-state index is 13.1. The van der Waals surface area contributed by atoms with Gasteiger partial charge in [-0.05, 0) is 50.0 Å². The number of β-amino-alcohol motifs (C(OH)–C–C–N with tert-alkyl or cyclic N) is 1. The van der Waals surface area contributed by atoms with Crippen molar-refractivity contribution in [3.8, 4) is 5.75 Å². The molecule has 2 saturated heterocycles. The molecule has 0 bridgehead atoms. The van der Waals surface area contributed by atoms with Crippen LogP contribution >= 0.6 is 11.6 Å². The Morgan fingerprint density at radius 1 is 1.02 bits per heavy atom. The maximum atomic E-state index is 13.1. The van der Waals surface area contributed by atoms with Crippen LogP contribution in [0.15, 0.2) is 30.1 Å². The summed E-state index contributed by atoms with van der Waals surface area (Å²) >= 11 is 6.64. The third-order valence-corrected chi connectivity index (χ3v) is 9.10. The van der Waals surface area contributed by atoms with Gasteiger partial charge in [-0.1, -0.05) is 24.4 Å². The van der Waals surface area contributed by atoms with Crippen molar-refractivity contribution in [2.45, 2.75) is 69.8 Å². The number of likely N-dealkylation sites (tertiary alicyclic amines) is 2. The number of nitrogens with zero attached hydrogens (tertiary/aromatic N) is 4. The smallest absolute Gasteiger partial charge is 0.489 e. The zero-order valence-electron chi connectivity index (χ0n) is 26.1. The van der Waals surface area contributed by atoms with Crippen molar-refractivity contribution in [1.29, 1.82) is 0 Å². The number of carbonyl (C=O) groups is 3. The van der Waals surface area contributed by atoms with Gasteiger partial charge >= 0.3 is 12.1 Å². The molecule has 2 amide bonds. The predicted molar refractivity (Wildman–Crippen MR) is 171 cm³/mol. The van der Waals surface area contributed by atoms with E-state index in [-0.39, 0.29) is 17.9 Å². The lowest BCUT2D eigenvalue weighted by molar-refractivity contribution is -0.192. The quantitative estimate of drug-likeness (QED) is 0.329. The van der Waals surface area contributed by atoms with Crippen molar-refractivity contribution < 1.29 is 42.5 Å². The van der Waals surface area contributed by atoms with Crippen LogP contribution in [-0.4, -0.2) is 98.9 Å². The van der Waals surface area contributed by atoms with E-state index in [1.165, 1.54) is 6.33 Å². The monoisotopic (exact) mass is 694 g/mol. The number of hydrogen-bond acceptors (Lipinski definition) is 9. The molecule has 1 saturated carbocycles. The molecular weight excluding hydrogens is 657 g/mol. The lowest BCUT2D eigenvalue weighted by Gasteiger charge is -2.33. The highest BCUT2D eigenvalue weighted by Gasteiger charge is 2.38. The van der Waals surface area contributed by atoms with Crippen LogP contribution in [0.3, 0.4) is 0 Å². The maximum Gasteiger partial charge on any atom is 0.490 e. The van der Waals surface area contributed by atoms with E-state index in [1.54, 1.807) is 11.0 Å². The van der Waals surface area contributed by atoms with E-state index in [0.717, 1.165) is 57.3 Å². The minimum atomic E-state index is -5.08. The highest BCUT2D eigenvalue weighted by Crippen LogP contribution is 2.34. The van der Waals surface area contributed by atoms with Crippen LogP contribution in [0.2, 0.25) is 5.02 Å². The van der Waals surface area contributed by atoms with E-state index in [9.17, 15) is 27.9 Å². The van der Waals surface area contributed by atoms with Gasteiger partial charge in [-0.25, -0.2) is 14.8 Å². The normalized spacial score (nSPS) is 20.1.